The van der Waals surface area contributed by atoms with Crippen LogP contribution >= 0.6 is 0 Å². The number of hydrogen-bond acceptors (Lipinski definition) is 3. The molecule has 14 heavy (non-hydrogen) atoms. The summed E-state index contributed by atoms with van der Waals surface area (Å²) in [6.45, 7) is 1.46. The highest BCUT2D eigenvalue weighted by atomic mass is 16.5. The van der Waals surface area contributed by atoms with Crippen molar-refractivity contribution < 1.29 is 9.47 Å². The second-order valence-corrected chi connectivity index (χ2v) is 3.48. The quantitative estimate of drug-likeness (QED) is 0.745. The zero-order valence-electron chi connectivity index (χ0n) is 8.11. The minimum atomic E-state index is 0.245. The Kier molecular flexibility index (Phi) is 2.89. The van der Waals surface area contributed by atoms with Gasteiger partial charge in [-0.2, -0.15) is 0 Å². The lowest BCUT2D eigenvalue weighted by Gasteiger charge is -2.12. The molecule has 76 valence electrons. The number of rotatable bonds is 3. The Morgan fingerprint density at radius 1 is 1.43 bits per heavy atom. The van der Waals surface area contributed by atoms with Gasteiger partial charge in [0.05, 0.1) is 11.8 Å². The number of nitrogen functional groups attached to an aromatic ring is 1. The molecule has 0 aromatic heterocycles. The second kappa shape index (κ2) is 4.33. The molecule has 0 saturated carbocycles. The van der Waals surface area contributed by atoms with Gasteiger partial charge in [-0.05, 0) is 25.0 Å². The van der Waals surface area contributed by atoms with Crippen LogP contribution in [0, 0.1) is 0 Å². The van der Waals surface area contributed by atoms with Crippen LogP contribution in [0.15, 0.2) is 24.3 Å². The standard InChI is InChI=1S/C11H15NO2/c12-10-5-1-2-6-11(10)14-8-9-4-3-7-13-9/h1-2,5-6,9H,3-4,7-8,12H2/t9-/m1/s1. The van der Waals surface area contributed by atoms with Crippen molar-refractivity contribution in [2.24, 2.45) is 0 Å². The number of para-hydroxylation sites is 2. The lowest BCUT2D eigenvalue weighted by Crippen LogP contribution is -2.16. The van der Waals surface area contributed by atoms with Crippen molar-refractivity contribution in [3.05, 3.63) is 24.3 Å². The number of ether oxygens (including phenoxy) is 2. The van der Waals surface area contributed by atoms with Crippen molar-refractivity contribution in [2.75, 3.05) is 18.9 Å². The van der Waals surface area contributed by atoms with Crippen LogP contribution in [0.4, 0.5) is 5.69 Å². The highest BCUT2D eigenvalue weighted by molar-refractivity contribution is 5.51. The molecule has 2 rings (SSSR count). The molecule has 0 spiro atoms. The molecule has 2 N–H and O–H groups in total. The van der Waals surface area contributed by atoms with E-state index in [0.29, 0.717) is 12.3 Å². The van der Waals surface area contributed by atoms with E-state index in [0.717, 1.165) is 25.2 Å². The van der Waals surface area contributed by atoms with Gasteiger partial charge in [0.2, 0.25) is 0 Å². The summed E-state index contributed by atoms with van der Waals surface area (Å²) in [5, 5.41) is 0. The van der Waals surface area contributed by atoms with Crippen LogP contribution in [-0.2, 0) is 4.74 Å². The molecule has 1 aliphatic rings. The summed E-state index contributed by atoms with van der Waals surface area (Å²) in [6, 6.07) is 7.53. The first kappa shape index (κ1) is 9.34. The SMILES string of the molecule is Nc1ccccc1OC[C@H]1CCCO1. The van der Waals surface area contributed by atoms with Crippen molar-refractivity contribution in [3.8, 4) is 5.75 Å². The molecule has 0 aliphatic carbocycles. The Hall–Kier alpha value is -1.22. The third-order valence-corrected chi connectivity index (χ3v) is 2.37. The average Bonchev–Trinajstić information content (AvgIpc) is 2.69. The van der Waals surface area contributed by atoms with E-state index < -0.39 is 0 Å². The maximum Gasteiger partial charge on any atom is 0.142 e. The van der Waals surface area contributed by atoms with Crippen molar-refractivity contribution >= 4 is 5.69 Å². The van der Waals surface area contributed by atoms with Crippen LogP contribution < -0.4 is 10.5 Å². The molecule has 0 amide bonds. The fourth-order valence-corrected chi connectivity index (χ4v) is 1.57. The highest BCUT2D eigenvalue weighted by Crippen LogP contribution is 2.21. The number of benzene rings is 1. The molecule has 0 unspecified atom stereocenters. The van der Waals surface area contributed by atoms with Gasteiger partial charge in [-0.15, -0.1) is 0 Å². The summed E-state index contributed by atoms with van der Waals surface area (Å²) in [4.78, 5) is 0. The molecule has 0 bridgehead atoms. The molecule has 1 aliphatic heterocycles. The Morgan fingerprint density at radius 3 is 3.00 bits per heavy atom. The third-order valence-electron chi connectivity index (χ3n) is 2.37. The van der Waals surface area contributed by atoms with E-state index in [4.69, 9.17) is 15.2 Å². The van der Waals surface area contributed by atoms with E-state index in [1.165, 1.54) is 0 Å². The van der Waals surface area contributed by atoms with Gasteiger partial charge in [0.1, 0.15) is 12.4 Å². The molecule has 1 fully saturated rings. The van der Waals surface area contributed by atoms with Crippen molar-refractivity contribution in [3.63, 3.8) is 0 Å². The van der Waals surface area contributed by atoms with Crippen LogP contribution in [0.1, 0.15) is 12.8 Å². The predicted molar refractivity (Wildman–Crippen MR) is 55.3 cm³/mol. The molecular weight excluding hydrogens is 178 g/mol. The molecule has 3 nitrogen and oxygen atoms in total. The maximum absolute atomic E-state index is 5.74. The van der Waals surface area contributed by atoms with E-state index in [9.17, 15) is 0 Å². The molecule has 3 heteroatoms. The third kappa shape index (κ3) is 2.17. The van der Waals surface area contributed by atoms with Crippen LogP contribution in [0.25, 0.3) is 0 Å². The van der Waals surface area contributed by atoms with E-state index in [2.05, 4.69) is 0 Å². The minimum Gasteiger partial charge on any atom is -0.489 e. The zero-order chi connectivity index (χ0) is 9.80. The highest BCUT2D eigenvalue weighted by Gasteiger charge is 2.16. The molecule has 1 aromatic carbocycles. The fourth-order valence-electron chi connectivity index (χ4n) is 1.57. The van der Waals surface area contributed by atoms with Crippen molar-refractivity contribution in [1.29, 1.82) is 0 Å². The second-order valence-electron chi connectivity index (χ2n) is 3.48. The predicted octanol–water partition coefficient (Wildman–Crippen LogP) is 1.83. The molecular formula is C11H15NO2. The summed E-state index contributed by atoms with van der Waals surface area (Å²) in [5.41, 5.74) is 6.43. The van der Waals surface area contributed by atoms with Gasteiger partial charge in [-0.1, -0.05) is 12.1 Å². The summed E-state index contributed by atoms with van der Waals surface area (Å²) >= 11 is 0. The zero-order valence-corrected chi connectivity index (χ0v) is 8.11. The van der Waals surface area contributed by atoms with E-state index >= 15 is 0 Å². The lowest BCUT2D eigenvalue weighted by molar-refractivity contribution is 0.0682. The molecule has 1 aromatic rings. The first-order valence-corrected chi connectivity index (χ1v) is 4.95. The topological polar surface area (TPSA) is 44.5 Å². The monoisotopic (exact) mass is 193 g/mol. The first-order valence-electron chi connectivity index (χ1n) is 4.95. The van der Waals surface area contributed by atoms with Gasteiger partial charge >= 0.3 is 0 Å². The maximum atomic E-state index is 5.74. The fraction of sp³-hybridized carbons (Fsp3) is 0.455. The molecule has 0 radical (unpaired) electrons. The summed E-state index contributed by atoms with van der Waals surface area (Å²) < 4.78 is 11.0. The van der Waals surface area contributed by atoms with Gasteiger partial charge in [0.15, 0.2) is 0 Å². The molecule has 1 heterocycles. The van der Waals surface area contributed by atoms with Gasteiger partial charge in [0, 0.05) is 6.61 Å². The number of nitrogens with two attached hydrogens (primary N) is 1. The van der Waals surface area contributed by atoms with Crippen LogP contribution in [0.3, 0.4) is 0 Å². The summed E-state index contributed by atoms with van der Waals surface area (Å²) in [7, 11) is 0. The molecule has 1 atom stereocenters. The number of anilines is 1. The summed E-state index contributed by atoms with van der Waals surface area (Å²) in [6.07, 6.45) is 2.47. The van der Waals surface area contributed by atoms with Gasteiger partial charge in [0.25, 0.3) is 0 Å². The minimum absolute atomic E-state index is 0.245. The Balaban J connectivity index is 1.88. The lowest BCUT2D eigenvalue weighted by atomic mass is 10.2. The summed E-state index contributed by atoms with van der Waals surface area (Å²) in [5.74, 6) is 0.753. The Morgan fingerprint density at radius 2 is 2.29 bits per heavy atom. The first-order chi connectivity index (χ1) is 6.86. The van der Waals surface area contributed by atoms with Crippen LogP contribution in [-0.4, -0.2) is 19.3 Å². The Labute approximate surface area is 83.8 Å². The van der Waals surface area contributed by atoms with E-state index in [-0.39, 0.29) is 6.10 Å². The van der Waals surface area contributed by atoms with Crippen LogP contribution in [0.2, 0.25) is 0 Å². The van der Waals surface area contributed by atoms with E-state index in [1.807, 2.05) is 24.3 Å². The molecule has 1 saturated heterocycles. The van der Waals surface area contributed by atoms with Crippen LogP contribution in [0.5, 0.6) is 5.75 Å². The van der Waals surface area contributed by atoms with E-state index in [1.54, 1.807) is 0 Å². The largest absolute Gasteiger partial charge is 0.489 e. The van der Waals surface area contributed by atoms with Crippen molar-refractivity contribution in [2.45, 2.75) is 18.9 Å². The van der Waals surface area contributed by atoms with Gasteiger partial charge in [-0.25, -0.2) is 0 Å². The normalized spacial score (nSPS) is 21.0. The van der Waals surface area contributed by atoms with Crippen molar-refractivity contribution in [1.82, 2.24) is 0 Å². The number of hydrogen-bond donors (Lipinski definition) is 1. The Bertz CT molecular complexity index is 295. The van der Waals surface area contributed by atoms with Gasteiger partial charge in [-0.3, -0.25) is 0 Å². The van der Waals surface area contributed by atoms with Gasteiger partial charge < -0.3 is 15.2 Å². The smallest absolute Gasteiger partial charge is 0.142 e. The average molecular weight is 193 g/mol.